The van der Waals surface area contributed by atoms with Crippen LogP contribution in [0.2, 0.25) is 0 Å². The van der Waals surface area contributed by atoms with Gasteiger partial charge in [-0.25, -0.2) is 0 Å². The molecule has 0 bridgehead atoms. The monoisotopic (exact) mass is 737 g/mol. The summed E-state index contributed by atoms with van der Waals surface area (Å²) >= 11 is 0. The molecule has 0 saturated heterocycles. The SMILES string of the molecule is CNC(=O)CCCCCNC(=O)CN(CC(=O)CCCCCCC([NH-])=O)CC(=O)NCCCCCC(=O)NC.[W]. The van der Waals surface area contributed by atoms with Crippen molar-refractivity contribution in [3.05, 3.63) is 5.73 Å². The Hall–Kier alpha value is -2.33. The fourth-order valence-corrected chi connectivity index (χ4v) is 3.86. The second-order valence-corrected chi connectivity index (χ2v) is 9.69. The summed E-state index contributed by atoms with van der Waals surface area (Å²) in [5.41, 5.74) is 6.91. The Bertz CT molecular complexity index is 726. The molecule has 0 heterocycles. The summed E-state index contributed by atoms with van der Waals surface area (Å²) in [6.45, 7) is 0.753. The summed E-state index contributed by atoms with van der Waals surface area (Å²) in [7, 11) is 3.19. The molecular weight excluding hydrogens is 688 g/mol. The van der Waals surface area contributed by atoms with Crippen LogP contribution in [0, 0.1) is 0 Å². The molecule has 12 nitrogen and oxygen atoms in total. The normalized spacial score (nSPS) is 10.4. The van der Waals surface area contributed by atoms with E-state index in [9.17, 15) is 28.8 Å². The molecule has 0 aromatic carbocycles. The molecule has 0 aliphatic rings. The molecular formula is C27H49N6O6W-. The molecule has 230 valence electrons. The average molecular weight is 738 g/mol. The third kappa shape index (κ3) is 25.9. The maximum atomic E-state index is 12.5. The molecule has 0 aromatic rings. The van der Waals surface area contributed by atoms with Crippen molar-refractivity contribution < 1.29 is 49.8 Å². The predicted molar refractivity (Wildman–Crippen MR) is 150 cm³/mol. The predicted octanol–water partition coefficient (Wildman–Crippen LogP) is 1.62. The van der Waals surface area contributed by atoms with Crippen LogP contribution in [0.25, 0.3) is 5.73 Å². The summed E-state index contributed by atoms with van der Waals surface area (Å²) in [6, 6.07) is 0. The summed E-state index contributed by atoms with van der Waals surface area (Å²) < 4.78 is 0. The maximum absolute atomic E-state index is 12.5. The number of rotatable bonds is 25. The third-order valence-corrected chi connectivity index (χ3v) is 6.11. The topological polar surface area (TPSA) is 178 Å². The van der Waals surface area contributed by atoms with Crippen molar-refractivity contribution in [2.24, 2.45) is 0 Å². The van der Waals surface area contributed by atoms with Gasteiger partial charge >= 0.3 is 0 Å². The molecule has 0 fully saturated rings. The molecule has 13 heteroatoms. The van der Waals surface area contributed by atoms with Gasteiger partial charge in [-0.05, 0) is 44.9 Å². The van der Waals surface area contributed by atoms with Gasteiger partial charge in [0.1, 0.15) is 5.78 Å². The van der Waals surface area contributed by atoms with Crippen LogP contribution in [-0.2, 0) is 49.8 Å². The average Bonchev–Trinajstić information content (AvgIpc) is 2.89. The summed E-state index contributed by atoms with van der Waals surface area (Å²) in [6.07, 6.45) is 8.85. The molecule has 40 heavy (non-hydrogen) atoms. The van der Waals surface area contributed by atoms with Gasteiger partial charge in [-0.1, -0.05) is 25.7 Å². The molecule has 0 rings (SSSR count). The van der Waals surface area contributed by atoms with Crippen molar-refractivity contribution >= 4 is 35.3 Å². The molecule has 0 radical (unpaired) electrons. The summed E-state index contributed by atoms with van der Waals surface area (Å²) in [4.78, 5) is 72.2. The zero-order valence-corrected chi connectivity index (χ0v) is 27.2. The smallest absolute Gasteiger partial charge is 0.234 e. The van der Waals surface area contributed by atoms with Crippen molar-refractivity contribution in [1.82, 2.24) is 26.2 Å². The van der Waals surface area contributed by atoms with Crippen molar-refractivity contribution in [2.45, 2.75) is 89.9 Å². The second-order valence-electron chi connectivity index (χ2n) is 9.69. The van der Waals surface area contributed by atoms with Crippen LogP contribution in [0.15, 0.2) is 0 Å². The van der Waals surface area contributed by atoms with Gasteiger partial charge in [0.15, 0.2) is 0 Å². The minimum atomic E-state index is -0.578. The van der Waals surface area contributed by atoms with Crippen molar-refractivity contribution in [3.63, 3.8) is 0 Å². The van der Waals surface area contributed by atoms with E-state index in [1.165, 1.54) is 0 Å². The van der Waals surface area contributed by atoms with E-state index < -0.39 is 5.91 Å². The van der Waals surface area contributed by atoms with Crippen LogP contribution >= 0.6 is 0 Å². The van der Waals surface area contributed by atoms with Crippen molar-refractivity contribution in [1.29, 1.82) is 0 Å². The Labute approximate surface area is 253 Å². The minimum absolute atomic E-state index is 0. The third-order valence-electron chi connectivity index (χ3n) is 6.11. The van der Waals surface area contributed by atoms with Gasteiger partial charge < -0.3 is 31.8 Å². The van der Waals surface area contributed by atoms with Crippen LogP contribution in [0.1, 0.15) is 89.9 Å². The number of carbonyl (C=O) groups is 6. The molecule has 0 saturated carbocycles. The standard InChI is InChI=1S/C27H50N6O6.W/c1-29-24(36)15-9-5-11-17-31-26(38)20-33(19-22(34)13-7-3-4-8-14-23(28)35)21-27(39)32-18-12-6-10-16-25(37)30-2;/h3-21H2,1-2H3,(H6,28,29,30,31,32,35,36,37,38,39);/p-1. The van der Waals surface area contributed by atoms with Gasteiger partial charge in [0.2, 0.25) is 23.6 Å². The van der Waals surface area contributed by atoms with E-state index in [2.05, 4.69) is 21.3 Å². The number of amides is 5. The van der Waals surface area contributed by atoms with E-state index in [-0.39, 0.29) is 76.5 Å². The zero-order valence-electron chi connectivity index (χ0n) is 24.2. The van der Waals surface area contributed by atoms with Crippen molar-refractivity contribution in [3.8, 4) is 0 Å². The van der Waals surface area contributed by atoms with Crippen LogP contribution in [0.4, 0.5) is 0 Å². The molecule has 5 N–H and O–H groups in total. The van der Waals surface area contributed by atoms with Gasteiger partial charge in [0.05, 0.1) is 19.6 Å². The van der Waals surface area contributed by atoms with E-state index in [1.54, 1.807) is 19.0 Å². The fraction of sp³-hybridized carbons (Fsp3) is 0.778. The number of nitrogens with zero attached hydrogens (tertiary/aromatic N) is 1. The Morgan fingerprint density at radius 3 is 1.35 bits per heavy atom. The molecule has 0 aromatic heterocycles. The number of ketones is 1. The fourth-order valence-electron chi connectivity index (χ4n) is 3.86. The maximum Gasteiger partial charge on any atom is 0.234 e. The van der Waals surface area contributed by atoms with Crippen LogP contribution in [0.3, 0.4) is 0 Å². The zero-order chi connectivity index (χ0) is 29.3. The van der Waals surface area contributed by atoms with Gasteiger partial charge in [-0.3, -0.25) is 28.9 Å². The number of nitrogens with one attached hydrogen (secondary N) is 5. The van der Waals surface area contributed by atoms with Crippen LogP contribution in [-0.4, -0.2) is 87.0 Å². The molecule has 5 amide bonds. The van der Waals surface area contributed by atoms with E-state index in [4.69, 9.17) is 5.73 Å². The number of carbonyl (C=O) groups excluding carboxylic acids is 6. The van der Waals surface area contributed by atoms with Crippen LogP contribution < -0.4 is 21.3 Å². The Morgan fingerprint density at radius 1 is 0.525 bits per heavy atom. The minimum Gasteiger partial charge on any atom is -0.668 e. The molecule has 0 unspecified atom stereocenters. The van der Waals surface area contributed by atoms with E-state index in [0.717, 1.165) is 51.4 Å². The largest absolute Gasteiger partial charge is 0.668 e. The van der Waals surface area contributed by atoms with E-state index in [1.807, 2.05) is 0 Å². The second kappa shape index (κ2) is 26.9. The number of Topliss-reactive ketones (excluding diaryl/α,β-unsaturated/α-hetero) is 1. The Balaban J connectivity index is 0. The quantitative estimate of drug-likeness (QED) is 0.103. The van der Waals surface area contributed by atoms with Gasteiger partial charge in [-0.2, -0.15) is 0 Å². The first-order chi connectivity index (χ1) is 18.7. The first-order valence-corrected chi connectivity index (χ1v) is 14.1. The Morgan fingerprint density at radius 2 is 0.925 bits per heavy atom. The summed E-state index contributed by atoms with van der Waals surface area (Å²) in [5.74, 6) is -1.19. The number of hydrogen-bond acceptors (Lipinski definition) is 7. The molecule has 0 spiro atoms. The molecule has 0 aliphatic carbocycles. The van der Waals surface area contributed by atoms with Gasteiger partial charge in [0, 0.05) is 73.4 Å². The Kier molecular flexibility index (Phi) is 26.7. The first-order valence-electron chi connectivity index (χ1n) is 14.1. The van der Waals surface area contributed by atoms with Gasteiger partial charge in [0.25, 0.3) is 0 Å². The molecule has 0 aliphatic heterocycles. The van der Waals surface area contributed by atoms with E-state index >= 15 is 0 Å². The number of unbranched alkanes of at least 4 members (excludes halogenated alkanes) is 7. The van der Waals surface area contributed by atoms with E-state index in [0.29, 0.717) is 45.2 Å². The van der Waals surface area contributed by atoms with Crippen LogP contribution in [0.5, 0.6) is 0 Å². The number of hydrogen-bond donors (Lipinski definition) is 4. The first kappa shape index (κ1) is 39.8. The summed E-state index contributed by atoms with van der Waals surface area (Å²) in [5, 5.41) is 10.8. The van der Waals surface area contributed by atoms with Crippen molar-refractivity contribution in [2.75, 3.05) is 46.8 Å². The van der Waals surface area contributed by atoms with Gasteiger partial charge in [-0.15, -0.1) is 0 Å². The molecule has 0 atom stereocenters.